The van der Waals surface area contributed by atoms with E-state index in [4.69, 9.17) is 0 Å². The highest BCUT2D eigenvalue weighted by molar-refractivity contribution is 4.78. The van der Waals surface area contributed by atoms with Gasteiger partial charge >= 0.3 is 0 Å². The maximum absolute atomic E-state index is 2.37. The Balaban J connectivity index is 0. The Kier molecular flexibility index (Phi) is 9.76. The summed E-state index contributed by atoms with van der Waals surface area (Å²) in [4.78, 5) is 0. The van der Waals surface area contributed by atoms with Crippen LogP contribution in [0.1, 0.15) is 68.2 Å². The molecule has 0 heteroatoms. The Morgan fingerprint density at radius 2 is 1.07 bits per heavy atom. The molecule has 1 rings (SSSR count). The average molecular weight is 200 g/mol. The van der Waals surface area contributed by atoms with Crippen molar-refractivity contribution in [2.75, 3.05) is 0 Å². The summed E-state index contributed by atoms with van der Waals surface area (Å²) in [6.07, 6.45) is 4.47. The lowest BCUT2D eigenvalue weighted by Crippen LogP contribution is -2.07. The number of hydrogen-bond donors (Lipinski definition) is 0. The van der Waals surface area contributed by atoms with E-state index in [1.807, 2.05) is 13.8 Å². The molecule has 0 bridgehead atoms. The van der Waals surface area contributed by atoms with E-state index in [0.29, 0.717) is 0 Å². The van der Waals surface area contributed by atoms with Crippen LogP contribution in [0.4, 0.5) is 0 Å². The minimum absolute atomic E-state index is 0. The second kappa shape index (κ2) is 8.32. The van der Waals surface area contributed by atoms with Crippen molar-refractivity contribution in [1.82, 2.24) is 0 Å². The summed E-state index contributed by atoms with van der Waals surface area (Å²) in [5, 5.41) is 0. The van der Waals surface area contributed by atoms with Crippen LogP contribution in [0, 0.1) is 23.7 Å². The van der Waals surface area contributed by atoms with Crippen molar-refractivity contribution in [3.8, 4) is 0 Å². The smallest absolute Gasteiger partial charge is 0.0388 e. The Labute approximate surface area is 92.5 Å². The van der Waals surface area contributed by atoms with Crippen LogP contribution >= 0.6 is 0 Å². The van der Waals surface area contributed by atoms with Crippen LogP contribution < -0.4 is 0 Å². The van der Waals surface area contributed by atoms with Crippen molar-refractivity contribution in [1.29, 1.82) is 0 Å². The molecule has 0 aromatic heterocycles. The summed E-state index contributed by atoms with van der Waals surface area (Å²) in [6, 6.07) is 0. The van der Waals surface area contributed by atoms with Crippen LogP contribution in [-0.2, 0) is 0 Å². The van der Waals surface area contributed by atoms with E-state index in [0.717, 1.165) is 23.7 Å². The van der Waals surface area contributed by atoms with E-state index in [1.54, 1.807) is 0 Å². The van der Waals surface area contributed by atoms with Crippen molar-refractivity contribution in [2.24, 2.45) is 23.7 Å². The lowest BCUT2D eigenvalue weighted by molar-refractivity contribution is 0.340. The molecule has 0 radical (unpaired) electrons. The molecule has 1 aliphatic rings. The van der Waals surface area contributed by atoms with E-state index in [-0.39, 0.29) is 7.43 Å². The van der Waals surface area contributed by atoms with Gasteiger partial charge in [-0.25, -0.2) is 0 Å². The number of rotatable bonds is 2. The monoisotopic (exact) mass is 200 g/mol. The van der Waals surface area contributed by atoms with E-state index >= 15 is 0 Å². The highest BCUT2D eigenvalue weighted by Gasteiger charge is 2.28. The van der Waals surface area contributed by atoms with Crippen molar-refractivity contribution >= 4 is 0 Å². The third-order valence-electron chi connectivity index (χ3n) is 3.40. The molecule has 0 N–H and O–H groups in total. The van der Waals surface area contributed by atoms with Gasteiger partial charge in [0.2, 0.25) is 0 Å². The minimum atomic E-state index is 0. The van der Waals surface area contributed by atoms with Gasteiger partial charge in [0.05, 0.1) is 0 Å². The average Bonchev–Trinajstić information content (AvgIpc) is 2.56. The van der Waals surface area contributed by atoms with Gasteiger partial charge in [-0.1, -0.05) is 49.0 Å². The van der Waals surface area contributed by atoms with Crippen molar-refractivity contribution < 1.29 is 0 Å². The Hall–Kier alpha value is 0. The van der Waals surface area contributed by atoms with Gasteiger partial charge < -0.3 is 0 Å². The molecule has 88 valence electrons. The Bertz CT molecular complexity index is 99.2. The van der Waals surface area contributed by atoms with Crippen LogP contribution in [-0.4, -0.2) is 0 Å². The summed E-state index contributed by atoms with van der Waals surface area (Å²) < 4.78 is 0. The van der Waals surface area contributed by atoms with Gasteiger partial charge in [0, 0.05) is 0 Å². The highest BCUT2D eigenvalue weighted by atomic mass is 14.3. The molecule has 1 aliphatic carbocycles. The zero-order chi connectivity index (χ0) is 10.4. The van der Waals surface area contributed by atoms with Gasteiger partial charge in [-0.05, 0) is 42.9 Å². The third-order valence-corrected chi connectivity index (χ3v) is 3.40. The topological polar surface area (TPSA) is 0 Å². The molecule has 0 spiro atoms. The molecule has 0 aromatic rings. The van der Waals surface area contributed by atoms with Gasteiger partial charge in [-0.2, -0.15) is 0 Å². The molecular formula is C14H32. The standard InChI is InChI=1S/C11H22.C2H6.CH4/c1-8(2)10-5-6-11(7-10)9(3)4;1-2;/h8-11H,5-7H2,1-4H3;1-2H3;1H4. The summed E-state index contributed by atoms with van der Waals surface area (Å²) >= 11 is 0. The second-order valence-electron chi connectivity index (χ2n) is 4.82. The predicted octanol–water partition coefficient (Wildman–Crippen LogP) is 5.38. The van der Waals surface area contributed by atoms with Crippen molar-refractivity contribution in [2.45, 2.75) is 68.2 Å². The molecule has 2 unspecified atom stereocenters. The maximum atomic E-state index is 2.37. The predicted molar refractivity (Wildman–Crippen MR) is 68.6 cm³/mol. The van der Waals surface area contributed by atoms with Gasteiger partial charge in [0.1, 0.15) is 0 Å². The molecule has 2 atom stereocenters. The highest BCUT2D eigenvalue weighted by Crippen LogP contribution is 2.38. The maximum Gasteiger partial charge on any atom is -0.0388 e. The fraction of sp³-hybridized carbons (Fsp3) is 1.00. The fourth-order valence-electron chi connectivity index (χ4n) is 2.26. The summed E-state index contributed by atoms with van der Waals surface area (Å²) in [5.41, 5.74) is 0. The molecule has 0 aliphatic heterocycles. The molecule has 0 aromatic carbocycles. The molecule has 0 saturated heterocycles. The summed E-state index contributed by atoms with van der Waals surface area (Å²) in [5.74, 6) is 3.89. The first-order chi connectivity index (χ1) is 6.11. The first-order valence-corrected chi connectivity index (χ1v) is 6.11. The lowest BCUT2D eigenvalue weighted by Gasteiger charge is -2.16. The summed E-state index contributed by atoms with van der Waals surface area (Å²) in [7, 11) is 0. The summed E-state index contributed by atoms with van der Waals surface area (Å²) in [6.45, 7) is 13.5. The first-order valence-electron chi connectivity index (χ1n) is 6.11. The minimum Gasteiger partial charge on any atom is -0.0776 e. The van der Waals surface area contributed by atoms with Crippen LogP contribution in [0.25, 0.3) is 0 Å². The molecule has 14 heavy (non-hydrogen) atoms. The Morgan fingerprint density at radius 3 is 1.21 bits per heavy atom. The van der Waals surface area contributed by atoms with Gasteiger partial charge in [0.15, 0.2) is 0 Å². The fourth-order valence-corrected chi connectivity index (χ4v) is 2.26. The van der Waals surface area contributed by atoms with E-state index in [1.165, 1.54) is 19.3 Å². The van der Waals surface area contributed by atoms with Gasteiger partial charge in [-0.3, -0.25) is 0 Å². The molecule has 0 heterocycles. The van der Waals surface area contributed by atoms with Crippen LogP contribution in [0.2, 0.25) is 0 Å². The first kappa shape index (κ1) is 16.4. The normalized spacial score (nSPS) is 25.7. The van der Waals surface area contributed by atoms with Crippen LogP contribution in [0.5, 0.6) is 0 Å². The SMILES string of the molecule is C.CC.CC(C)C1CCC(C(C)C)C1. The van der Waals surface area contributed by atoms with Crippen molar-refractivity contribution in [3.05, 3.63) is 0 Å². The van der Waals surface area contributed by atoms with E-state index in [9.17, 15) is 0 Å². The largest absolute Gasteiger partial charge is 0.0776 e. The van der Waals surface area contributed by atoms with E-state index in [2.05, 4.69) is 27.7 Å². The molecule has 1 saturated carbocycles. The van der Waals surface area contributed by atoms with Gasteiger partial charge in [-0.15, -0.1) is 0 Å². The number of hydrogen-bond acceptors (Lipinski definition) is 0. The van der Waals surface area contributed by atoms with Gasteiger partial charge in [0.25, 0.3) is 0 Å². The van der Waals surface area contributed by atoms with E-state index < -0.39 is 0 Å². The Morgan fingerprint density at radius 1 is 0.786 bits per heavy atom. The van der Waals surface area contributed by atoms with Crippen LogP contribution in [0.15, 0.2) is 0 Å². The van der Waals surface area contributed by atoms with Crippen LogP contribution in [0.3, 0.4) is 0 Å². The molecular weight excluding hydrogens is 168 g/mol. The molecule has 1 fully saturated rings. The lowest BCUT2D eigenvalue weighted by atomic mass is 9.89. The molecule has 0 amide bonds. The van der Waals surface area contributed by atoms with Crippen molar-refractivity contribution in [3.63, 3.8) is 0 Å². The zero-order valence-electron chi connectivity index (χ0n) is 10.4. The quantitative estimate of drug-likeness (QED) is 0.561. The third kappa shape index (κ3) is 5.02. The second-order valence-corrected chi connectivity index (χ2v) is 4.82. The molecule has 0 nitrogen and oxygen atoms in total. The zero-order valence-corrected chi connectivity index (χ0v) is 10.4.